The number of imidazole rings is 1. The summed E-state index contributed by atoms with van der Waals surface area (Å²) in [5.41, 5.74) is 8.51. The lowest BCUT2D eigenvalue weighted by molar-refractivity contribution is 0.318. The third kappa shape index (κ3) is 2.27. The lowest BCUT2D eigenvalue weighted by atomic mass is 9.83. The first-order chi connectivity index (χ1) is 9.79. The molecule has 0 spiro atoms. The number of aryl methyl sites for hydroxylation is 1. The van der Waals surface area contributed by atoms with Gasteiger partial charge in [0.05, 0.1) is 0 Å². The van der Waals surface area contributed by atoms with Gasteiger partial charge < -0.3 is 15.5 Å². The first-order valence-electron chi connectivity index (χ1n) is 6.86. The summed E-state index contributed by atoms with van der Waals surface area (Å²) in [6.07, 6.45) is 7.08. The van der Waals surface area contributed by atoms with Crippen molar-refractivity contribution in [3.05, 3.63) is 53.6 Å². The second-order valence-electron chi connectivity index (χ2n) is 5.18. The van der Waals surface area contributed by atoms with Crippen LogP contribution in [0.15, 0.2) is 41.8 Å². The molecule has 0 amide bonds. The number of fused-ring (bicyclic) bond motifs is 1. The first kappa shape index (κ1) is 12.7. The molecule has 0 bridgehead atoms. The normalized spacial score (nSPS) is 18.8. The van der Waals surface area contributed by atoms with Gasteiger partial charge in [-0.3, -0.25) is 0 Å². The zero-order valence-corrected chi connectivity index (χ0v) is 11.2. The maximum atomic E-state index is 8.80. The monoisotopic (exact) mass is 270 g/mol. The Hall–Kier alpha value is -2.30. The highest BCUT2D eigenvalue weighted by atomic mass is 16.4. The molecule has 1 heterocycles. The average molecular weight is 270 g/mol. The Morgan fingerprint density at radius 1 is 1.45 bits per heavy atom. The van der Waals surface area contributed by atoms with Gasteiger partial charge >= 0.3 is 0 Å². The SMILES string of the molecule is N/C(=N/O)c1nccn1CC1CCCc2ccccc21. The van der Waals surface area contributed by atoms with E-state index in [0.29, 0.717) is 11.7 Å². The van der Waals surface area contributed by atoms with Crippen molar-refractivity contribution in [2.45, 2.75) is 31.7 Å². The number of hydrogen-bond donors (Lipinski definition) is 2. The number of benzene rings is 1. The van der Waals surface area contributed by atoms with E-state index in [1.165, 1.54) is 17.5 Å². The molecule has 1 aromatic carbocycles. The van der Waals surface area contributed by atoms with Crippen LogP contribution in [0.3, 0.4) is 0 Å². The van der Waals surface area contributed by atoms with Gasteiger partial charge in [0.1, 0.15) is 0 Å². The van der Waals surface area contributed by atoms with Crippen LogP contribution < -0.4 is 5.73 Å². The minimum Gasteiger partial charge on any atom is -0.409 e. The van der Waals surface area contributed by atoms with Crippen molar-refractivity contribution in [1.82, 2.24) is 9.55 Å². The van der Waals surface area contributed by atoms with Crippen LogP contribution in [0.1, 0.15) is 35.7 Å². The summed E-state index contributed by atoms with van der Waals surface area (Å²) in [4.78, 5) is 4.16. The second kappa shape index (κ2) is 5.36. The zero-order valence-electron chi connectivity index (χ0n) is 11.2. The number of hydrogen-bond acceptors (Lipinski definition) is 3. The highest BCUT2D eigenvalue weighted by molar-refractivity contribution is 5.93. The number of nitrogens with two attached hydrogens (primary N) is 1. The molecule has 0 fully saturated rings. The third-order valence-electron chi connectivity index (χ3n) is 3.96. The lowest BCUT2D eigenvalue weighted by Crippen LogP contribution is -2.22. The Labute approximate surface area is 117 Å². The average Bonchev–Trinajstić information content (AvgIpc) is 2.95. The fraction of sp³-hybridized carbons (Fsp3) is 0.333. The summed E-state index contributed by atoms with van der Waals surface area (Å²) in [5.74, 6) is 1.04. The van der Waals surface area contributed by atoms with E-state index in [-0.39, 0.29) is 5.84 Å². The Kier molecular flexibility index (Phi) is 3.41. The van der Waals surface area contributed by atoms with Gasteiger partial charge in [0.25, 0.3) is 0 Å². The Morgan fingerprint density at radius 3 is 3.15 bits per heavy atom. The molecule has 1 unspecified atom stereocenters. The molecular formula is C15H18N4O. The minimum absolute atomic E-state index is 0.0547. The summed E-state index contributed by atoms with van der Waals surface area (Å²) < 4.78 is 1.96. The van der Waals surface area contributed by atoms with E-state index in [1.807, 2.05) is 10.8 Å². The van der Waals surface area contributed by atoms with Crippen LogP contribution in [0, 0.1) is 0 Å². The highest BCUT2D eigenvalue weighted by Gasteiger charge is 2.21. The molecule has 1 aliphatic carbocycles. The minimum atomic E-state index is 0.0547. The van der Waals surface area contributed by atoms with Gasteiger partial charge in [-0.15, -0.1) is 0 Å². The molecule has 0 aliphatic heterocycles. The van der Waals surface area contributed by atoms with E-state index < -0.39 is 0 Å². The number of oxime groups is 1. The van der Waals surface area contributed by atoms with E-state index in [4.69, 9.17) is 10.9 Å². The Morgan fingerprint density at radius 2 is 2.30 bits per heavy atom. The third-order valence-corrected chi connectivity index (χ3v) is 3.96. The first-order valence-corrected chi connectivity index (χ1v) is 6.86. The van der Waals surface area contributed by atoms with Gasteiger partial charge in [-0.1, -0.05) is 29.4 Å². The predicted octanol–water partition coefficient (Wildman–Crippen LogP) is 2.10. The number of aromatic nitrogens is 2. The molecule has 0 saturated carbocycles. The summed E-state index contributed by atoms with van der Waals surface area (Å²) in [5, 5.41) is 11.8. The summed E-state index contributed by atoms with van der Waals surface area (Å²) in [6.45, 7) is 0.808. The van der Waals surface area contributed by atoms with Gasteiger partial charge in [-0.05, 0) is 30.4 Å². The van der Waals surface area contributed by atoms with Gasteiger partial charge in [-0.25, -0.2) is 4.98 Å². The molecular weight excluding hydrogens is 252 g/mol. The van der Waals surface area contributed by atoms with Crippen molar-refractivity contribution in [2.24, 2.45) is 10.9 Å². The van der Waals surface area contributed by atoms with Crippen LogP contribution in [-0.4, -0.2) is 20.6 Å². The summed E-state index contributed by atoms with van der Waals surface area (Å²) >= 11 is 0. The van der Waals surface area contributed by atoms with Crippen LogP contribution in [0.25, 0.3) is 0 Å². The molecule has 0 radical (unpaired) electrons. The highest BCUT2D eigenvalue weighted by Crippen LogP contribution is 2.32. The molecule has 5 heteroatoms. The molecule has 3 rings (SSSR count). The van der Waals surface area contributed by atoms with Crippen LogP contribution in [0.4, 0.5) is 0 Å². The molecule has 104 valence electrons. The van der Waals surface area contributed by atoms with Crippen LogP contribution in [0.5, 0.6) is 0 Å². The van der Waals surface area contributed by atoms with Gasteiger partial charge in [0, 0.05) is 24.9 Å². The lowest BCUT2D eigenvalue weighted by Gasteiger charge is -2.26. The van der Waals surface area contributed by atoms with E-state index in [2.05, 4.69) is 34.4 Å². The van der Waals surface area contributed by atoms with Gasteiger partial charge in [0.2, 0.25) is 5.84 Å². The largest absolute Gasteiger partial charge is 0.409 e. The van der Waals surface area contributed by atoms with Crippen molar-refractivity contribution in [1.29, 1.82) is 0 Å². The molecule has 1 aliphatic rings. The molecule has 1 aromatic heterocycles. The quantitative estimate of drug-likeness (QED) is 0.388. The smallest absolute Gasteiger partial charge is 0.206 e. The summed E-state index contributed by atoms with van der Waals surface area (Å²) in [6, 6.07) is 8.61. The fourth-order valence-electron chi connectivity index (χ4n) is 3.02. The van der Waals surface area contributed by atoms with Crippen molar-refractivity contribution in [3.8, 4) is 0 Å². The topological polar surface area (TPSA) is 76.4 Å². The van der Waals surface area contributed by atoms with E-state index >= 15 is 0 Å². The number of rotatable bonds is 3. The zero-order chi connectivity index (χ0) is 13.9. The summed E-state index contributed by atoms with van der Waals surface area (Å²) in [7, 11) is 0. The van der Waals surface area contributed by atoms with Crippen molar-refractivity contribution in [3.63, 3.8) is 0 Å². The molecule has 20 heavy (non-hydrogen) atoms. The van der Waals surface area contributed by atoms with Crippen molar-refractivity contribution in [2.75, 3.05) is 0 Å². The van der Waals surface area contributed by atoms with Crippen LogP contribution >= 0.6 is 0 Å². The molecule has 3 N–H and O–H groups in total. The molecule has 2 aromatic rings. The van der Waals surface area contributed by atoms with E-state index in [1.54, 1.807) is 6.20 Å². The Balaban J connectivity index is 1.88. The maximum absolute atomic E-state index is 8.80. The van der Waals surface area contributed by atoms with Gasteiger partial charge in [0.15, 0.2) is 5.82 Å². The number of amidine groups is 1. The van der Waals surface area contributed by atoms with E-state index in [0.717, 1.165) is 19.4 Å². The Bertz CT molecular complexity index is 632. The molecule has 5 nitrogen and oxygen atoms in total. The van der Waals surface area contributed by atoms with Crippen LogP contribution in [-0.2, 0) is 13.0 Å². The van der Waals surface area contributed by atoms with Crippen molar-refractivity contribution >= 4 is 5.84 Å². The van der Waals surface area contributed by atoms with Crippen molar-refractivity contribution < 1.29 is 5.21 Å². The predicted molar refractivity (Wildman–Crippen MR) is 76.9 cm³/mol. The molecule has 0 saturated heterocycles. The number of nitrogens with zero attached hydrogens (tertiary/aromatic N) is 3. The molecule has 1 atom stereocenters. The van der Waals surface area contributed by atoms with E-state index in [9.17, 15) is 0 Å². The maximum Gasteiger partial charge on any atom is 0.206 e. The second-order valence-corrected chi connectivity index (χ2v) is 5.18. The standard InChI is InChI=1S/C15H18N4O/c16-14(18-20)15-17-8-9-19(15)10-12-6-3-5-11-4-1-2-7-13(11)12/h1-2,4,7-9,12,20H,3,5-6,10H2,(H2,16,18). The van der Waals surface area contributed by atoms with Crippen LogP contribution in [0.2, 0.25) is 0 Å². The fourth-order valence-corrected chi connectivity index (χ4v) is 3.02. The van der Waals surface area contributed by atoms with Gasteiger partial charge in [-0.2, -0.15) is 0 Å².